The SMILES string of the molecule is O=C(CN1CCN(CCO)CC1)c1ccc2ccccc2c1. The van der Waals surface area contributed by atoms with Gasteiger partial charge in [0.05, 0.1) is 13.2 Å². The molecule has 116 valence electrons. The smallest absolute Gasteiger partial charge is 0.176 e. The first-order valence-corrected chi connectivity index (χ1v) is 7.84. The Morgan fingerprint density at radius 1 is 0.955 bits per heavy atom. The summed E-state index contributed by atoms with van der Waals surface area (Å²) in [6.45, 7) is 5.03. The second-order valence-electron chi connectivity index (χ2n) is 5.83. The number of ketones is 1. The van der Waals surface area contributed by atoms with Crippen molar-refractivity contribution in [3.8, 4) is 0 Å². The molecule has 0 atom stereocenters. The third kappa shape index (κ3) is 3.53. The van der Waals surface area contributed by atoms with E-state index in [-0.39, 0.29) is 12.4 Å². The van der Waals surface area contributed by atoms with Crippen molar-refractivity contribution in [2.24, 2.45) is 0 Å². The van der Waals surface area contributed by atoms with Crippen LogP contribution in [0.5, 0.6) is 0 Å². The highest BCUT2D eigenvalue weighted by atomic mass is 16.3. The van der Waals surface area contributed by atoms with E-state index in [9.17, 15) is 4.79 Å². The van der Waals surface area contributed by atoms with Crippen LogP contribution < -0.4 is 0 Å². The lowest BCUT2D eigenvalue weighted by Gasteiger charge is -2.33. The van der Waals surface area contributed by atoms with E-state index >= 15 is 0 Å². The Balaban J connectivity index is 1.61. The fourth-order valence-corrected chi connectivity index (χ4v) is 2.97. The van der Waals surface area contributed by atoms with Crippen LogP contribution in [0.1, 0.15) is 10.4 Å². The molecule has 1 N–H and O–H groups in total. The first kappa shape index (κ1) is 15.2. The number of aliphatic hydroxyl groups is 1. The Labute approximate surface area is 131 Å². The third-order valence-corrected chi connectivity index (χ3v) is 4.32. The predicted octanol–water partition coefficient (Wildman–Crippen LogP) is 1.63. The van der Waals surface area contributed by atoms with Gasteiger partial charge in [-0.15, -0.1) is 0 Å². The van der Waals surface area contributed by atoms with E-state index in [1.165, 1.54) is 0 Å². The van der Waals surface area contributed by atoms with Crippen LogP contribution in [-0.4, -0.2) is 66.6 Å². The van der Waals surface area contributed by atoms with Crippen molar-refractivity contribution in [3.05, 3.63) is 48.0 Å². The summed E-state index contributed by atoms with van der Waals surface area (Å²) in [5.41, 5.74) is 0.788. The van der Waals surface area contributed by atoms with Crippen LogP contribution >= 0.6 is 0 Å². The van der Waals surface area contributed by atoms with E-state index in [2.05, 4.69) is 15.9 Å². The summed E-state index contributed by atoms with van der Waals surface area (Å²) in [5.74, 6) is 0.182. The number of piperazine rings is 1. The second kappa shape index (κ2) is 7.01. The van der Waals surface area contributed by atoms with Gasteiger partial charge in [-0.3, -0.25) is 14.6 Å². The maximum absolute atomic E-state index is 12.5. The largest absolute Gasteiger partial charge is 0.395 e. The molecule has 0 saturated carbocycles. The maximum Gasteiger partial charge on any atom is 0.176 e. The van der Waals surface area contributed by atoms with Crippen molar-refractivity contribution in [1.82, 2.24) is 9.80 Å². The molecule has 4 heteroatoms. The second-order valence-corrected chi connectivity index (χ2v) is 5.83. The van der Waals surface area contributed by atoms with Gasteiger partial charge in [-0.1, -0.05) is 36.4 Å². The van der Waals surface area contributed by atoms with Crippen molar-refractivity contribution < 1.29 is 9.90 Å². The molecule has 0 spiro atoms. The summed E-state index contributed by atoms with van der Waals surface area (Å²) in [5, 5.41) is 11.2. The number of carbonyl (C=O) groups excluding carboxylic acids is 1. The van der Waals surface area contributed by atoms with Crippen LogP contribution in [0.2, 0.25) is 0 Å². The number of aliphatic hydroxyl groups excluding tert-OH is 1. The fourth-order valence-electron chi connectivity index (χ4n) is 2.97. The van der Waals surface area contributed by atoms with Crippen LogP contribution in [0.3, 0.4) is 0 Å². The minimum Gasteiger partial charge on any atom is -0.395 e. The zero-order valence-corrected chi connectivity index (χ0v) is 12.7. The van der Waals surface area contributed by atoms with E-state index in [1.807, 2.05) is 36.4 Å². The third-order valence-electron chi connectivity index (χ3n) is 4.32. The van der Waals surface area contributed by atoms with Crippen LogP contribution in [0, 0.1) is 0 Å². The Morgan fingerprint density at radius 3 is 2.36 bits per heavy atom. The normalized spacial score (nSPS) is 17.0. The van der Waals surface area contributed by atoms with Crippen molar-refractivity contribution >= 4 is 16.6 Å². The quantitative estimate of drug-likeness (QED) is 0.852. The predicted molar refractivity (Wildman–Crippen MR) is 88.2 cm³/mol. The Morgan fingerprint density at radius 2 is 1.64 bits per heavy atom. The van der Waals surface area contributed by atoms with Gasteiger partial charge in [-0.2, -0.15) is 0 Å². The molecule has 1 aliphatic rings. The lowest BCUT2D eigenvalue weighted by Crippen LogP contribution is -2.48. The lowest BCUT2D eigenvalue weighted by atomic mass is 10.0. The van der Waals surface area contributed by atoms with Crippen LogP contribution in [0.15, 0.2) is 42.5 Å². The number of nitrogens with zero attached hydrogens (tertiary/aromatic N) is 2. The summed E-state index contributed by atoms with van der Waals surface area (Å²) in [6, 6.07) is 14.0. The van der Waals surface area contributed by atoms with Gasteiger partial charge < -0.3 is 5.11 Å². The topological polar surface area (TPSA) is 43.8 Å². The zero-order chi connectivity index (χ0) is 15.4. The molecule has 1 heterocycles. The molecule has 1 saturated heterocycles. The number of β-amino-alcohol motifs (C(OH)–C–C–N with tert-alkyl or cyclic N) is 1. The average Bonchev–Trinajstić information content (AvgIpc) is 2.56. The zero-order valence-electron chi connectivity index (χ0n) is 12.7. The summed E-state index contributed by atoms with van der Waals surface area (Å²) >= 11 is 0. The number of fused-ring (bicyclic) bond motifs is 1. The summed E-state index contributed by atoms with van der Waals surface area (Å²) in [6.07, 6.45) is 0. The number of Topliss-reactive ketones (excluding diaryl/α,β-unsaturated/α-hetero) is 1. The number of hydrogen-bond acceptors (Lipinski definition) is 4. The first-order chi connectivity index (χ1) is 10.8. The van der Waals surface area contributed by atoms with E-state index in [4.69, 9.17) is 5.11 Å². The number of rotatable bonds is 5. The van der Waals surface area contributed by atoms with Gasteiger partial charge in [0, 0.05) is 38.3 Å². The molecule has 22 heavy (non-hydrogen) atoms. The van der Waals surface area contributed by atoms with Crippen LogP contribution in [-0.2, 0) is 0 Å². The highest BCUT2D eigenvalue weighted by Crippen LogP contribution is 2.16. The van der Waals surface area contributed by atoms with Gasteiger partial charge in [-0.25, -0.2) is 0 Å². The molecule has 1 fully saturated rings. The Hall–Kier alpha value is -1.75. The molecule has 3 rings (SSSR count). The Bertz CT molecular complexity index is 648. The van der Waals surface area contributed by atoms with Gasteiger partial charge in [-0.05, 0) is 16.8 Å². The Kier molecular flexibility index (Phi) is 4.83. The van der Waals surface area contributed by atoms with E-state index in [0.717, 1.165) is 49.1 Å². The number of hydrogen-bond donors (Lipinski definition) is 1. The van der Waals surface area contributed by atoms with Gasteiger partial charge in [0.2, 0.25) is 0 Å². The van der Waals surface area contributed by atoms with Crippen LogP contribution in [0.25, 0.3) is 10.8 Å². The molecule has 0 amide bonds. The molecule has 1 aliphatic heterocycles. The molecule has 4 nitrogen and oxygen atoms in total. The van der Waals surface area contributed by atoms with Gasteiger partial charge in [0.25, 0.3) is 0 Å². The maximum atomic E-state index is 12.5. The molecular formula is C18H22N2O2. The molecule has 0 unspecified atom stereocenters. The lowest BCUT2D eigenvalue weighted by molar-refractivity contribution is 0.0823. The van der Waals surface area contributed by atoms with Crippen molar-refractivity contribution in [1.29, 1.82) is 0 Å². The van der Waals surface area contributed by atoms with Crippen LogP contribution in [0.4, 0.5) is 0 Å². The molecule has 2 aromatic rings. The average molecular weight is 298 g/mol. The molecule has 0 aliphatic carbocycles. The van der Waals surface area contributed by atoms with Crippen molar-refractivity contribution in [3.63, 3.8) is 0 Å². The molecule has 0 aromatic heterocycles. The van der Waals surface area contributed by atoms with Gasteiger partial charge in [0.1, 0.15) is 0 Å². The summed E-state index contributed by atoms with van der Waals surface area (Å²) in [4.78, 5) is 16.9. The summed E-state index contributed by atoms with van der Waals surface area (Å²) in [7, 11) is 0. The van der Waals surface area contributed by atoms with E-state index < -0.39 is 0 Å². The molecule has 2 aromatic carbocycles. The van der Waals surface area contributed by atoms with Crippen molar-refractivity contribution in [2.75, 3.05) is 45.9 Å². The molecular weight excluding hydrogens is 276 g/mol. The van der Waals surface area contributed by atoms with E-state index in [0.29, 0.717) is 6.54 Å². The van der Waals surface area contributed by atoms with E-state index in [1.54, 1.807) is 0 Å². The minimum absolute atomic E-state index is 0.182. The highest BCUT2D eigenvalue weighted by Gasteiger charge is 2.19. The first-order valence-electron chi connectivity index (χ1n) is 7.84. The summed E-state index contributed by atoms with van der Waals surface area (Å²) < 4.78 is 0. The van der Waals surface area contributed by atoms with Crippen molar-refractivity contribution in [2.45, 2.75) is 0 Å². The number of carbonyl (C=O) groups is 1. The monoisotopic (exact) mass is 298 g/mol. The highest BCUT2D eigenvalue weighted by molar-refractivity contribution is 6.01. The minimum atomic E-state index is 0.182. The fraction of sp³-hybridized carbons (Fsp3) is 0.389. The molecule has 0 bridgehead atoms. The number of benzene rings is 2. The van der Waals surface area contributed by atoms with Gasteiger partial charge in [0.15, 0.2) is 5.78 Å². The van der Waals surface area contributed by atoms with Gasteiger partial charge >= 0.3 is 0 Å². The standard InChI is InChI=1S/C18H22N2O2/c21-12-11-19-7-9-20(10-8-19)14-18(22)17-6-5-15-3-1-2-4-16(15)13-17/h1-6,13,21H,7-12,14H2. The molecule has 0 radical (unpaired) electrons.